The van der Waals surface area contributed by atoms with Crippen LogP contribution in [0, 0.1) is 23.7 Å². The molecule has 2 rings (SSSR count). The molecule has 12 nitrogen and oxygen atoms in total. The fraction of sp³-hybridized carbons (Fsp3) is 0.789. The van der Waals surface area contributed by atoms with Crippen molar-refractivity contribution in [3.63, 3.8) is 0 Å². The van der Waals surface area contributed by atoms with Crippen LogP contribution in [-0.4, -0.2) is 105 Å². The van der Waals surface area contributed by atoms with Gasteiger partial charge in [0.1, 0.15) is 5.01 Å². The van der Waals surface area contributed by atoms with Crippen LogP contribution >= 0.6 is 11.3 Å². The third kappa shape index (κ3) is 13.5. The van der Waals surface area contributed by atoms with Crippen LogP contribution in [0.1, 0.15) is 98.0 Å². The van der Waals surface area contributed by atoms with Gasteiger partial charge in [-0.1, -0.05) is 61.0 Å². The highest BCUT2D eigenvalue weighted by molar-refractivity contribution is 7.09. The van der Waals surface area contributed by atoms with Crippen molar-refractivity contribution >= 4 is 29.1 Å². The third-order valence-electron chi connectivity index (χ3n) is 10.4. The zero-order valence-corrected chi connectivity index (χ0v) is 33.7. The lowest BCUT2D eigenvalue weighted by atomic mass is 9.90. The van der Waals surface area contributed by atoms with Crippen molar-refractivity contribution in [2.45, 2.75) is 129 Å². The van der Waals surface area contributed by atoms with Gasteiger partial charge < -0.3 is 35.1 Å². The van der Waals surface area contributed by atoms with Gasteiger partial charge in [-0.15, -0.1) is 17.9 Å². The van der Waals surface area contributed by atoms with Crippen molar-refractivity contribution < 1.29 is 28.6 Å². The SMILES string of the molecule is C=CCC[C@H](NC(=O)[C@H](C)[C@@H](OC)[C@@H]1CCCN1C(=O)C[C@@H](OC)[C@@H](NC(=O)[C@@H](NCOC[C@@H](NC)C(C)C)C(C)C)C(C)CC)c1nccs1. The number of hydrogen-bond acceptors (Lipinski definition) is 10. The molecule has 292 valence electrons. The lowest BCUT2D eigenvalue weighted by molar-refractivity contribution is -0.143. The fourth-order valence-electron chi connectivity index (χ4n) is 6.87. The number of allylic oxidation sites excluding steroid dienone is 1. The minimum absolute atomic E-state index is 0.00775. The van der Waals surface area contributed by atoms with Crippen LogP contribution in [0.5, 0.6) is 0 Å². The maximum absolute atomic E-state index is 14.1. The molecule has 51 heavy (non-hydrogen) atoms. The molecule has 1 saturated heterocycles. The summed E-state index contributed by atoms with van der Waals surface area (Å²) >= 11 is 1.51. The van der Waals surface area contributed by atoms with Gasteiger partial charge in [0.15, 0.2) is 0 Å². The molecule has 0 spiro atoms. The van der Waals surface area contributed by atoms with Crippen LogP contribution in [-0.2, 0) is 28.6 Å². The van der Waals surface area contributed by atoms with E-state index in [9.17, 15) is 14.4 Å². The quantitative estimate of drug-likeness (QED) is 0.0640. The second-order valence-electron chi connectivity index (χ2n) is 14.6. The van der Waals surface area contributed by atoms with Crippen LogP contribution in [0.3, 0.4) is 0 Å². The highest BCUT2D eigenvalue weighted by Gasteiger charge is 2.42. The second kappa shape index (κ2) is 23.3. The van der Waals surface area contributed by atoms with Crippen molar-refractivity contribution in [2.75, 3.05) is 41.1 Å². The number of likely N-dealkylation sites (N-methyl/N-ethyl adjacent to an activating group) is 1. The molecule has 1 fully saturated rings. The van der Waals surface area contributed by atoms with Gasteiger partial charge in [-0.2, -0.15) is 0 Å². The molecular formula is C38H68N6O6S. The molecule has 0 aliphatic carbocycles. The summed E-state index contributed by atoms with van der Waals surface area (Å²) in [6, 6.07) is -1.15. The van der Waals surface area contributed by atoms with Crippen LogP contribution in [0.2, 0.25) is 0 Å². The molecule has 0 aromatic carbocycles. The summed E-state index contributed by atoms with van der Waals surface area (Å²) in [5.74, 6) is -0.399. The van der Waals surface area contributed by atoms with Gasteiger partial charge in [-0.3, -0.25) is 19.7 Å². The number of methoxy groups -OCH3 is 2. The average Bonchev–Trinajstić information content (AvgIpc) is 3.82. The lowest BCUT2D eigenvalue weighted by Crippen LogP contribution is -2.57. The van der Waals surface area contributed by atoms with Gasteiger partial charge in [0.05, 0.1) is 62.1 Å². The highest BCUT2D eigenvalue weighted by atomic mass is 32.1. The normalized spacial score (nSPS) is 19.6. The fourth-order valence-corrected chi connectivity index (χ4v) is 7.59. The Bertz CT molecular complexity index is 1170. The largest absolute Gasteiger partial charge is 0.379 e. The number of amides is 3. The Morgan fingerprint density at radius 2 is 1.80 bits per heavy atom. The Kier molecular flexibility index (Phi) is 20.4. The van der Waals surface area contributed by atoms with Gasteiger partial charge in [-0.05, 0) is 50.5 Å². The highest BCUT2D eigenvalue weighted by Crippen LogP contribution is 2.29. The van der Waals surface area contributed by atoms with E-state index in [0.29, 0.717) is 25.5 Å². The van der Waals surface area contributed by atoms with Crippen molar-refractivity contribution in [3.8, 4) is 0 Å². The number of carbonyl (C=O) groups excluding carboxylic acids is 3. The second-order valence-corrected chi connectivity index (χ2v) is 15.5. The standard InChI is InChI=1S/C38H68N6O6S/c1-12-14-16-28(38-40-18-20-51-38)42-36(46)27(8)35(49-11)30-17-15-19-44(30)32(45)21-31(48-10)34(26(7)13-2)43-37(47)33(25(5)6)41-23-50-22-29(39-9)24(3)4/h12,18,20,24-31,33-35,39,41H,1,13-17,19,21-23H2,2-11H3,(H,42,46)(H,43,47)/t26?,27-,28+,29-,30+,31-,33+,34+,35-/m1/s1. The van der Waals surface area contributed by atoms with Crippen LogP contribution in [0.25, 0.3) is 0 Å². The summed E-state index contributed by atoms with van der Waals surface area (Å²) in [6.45, 7) is 19.4. The predicted octanol–water partition coefficient (Wildman–Crippen LogP) is 4.68. The third-order valence-corrected chi connectivity index (χ3v) is 11.3. The summed E-state index contributed by atoms with van der Waals surface area (Å²) in [4.78, 5) is 47.7. The smallest absolute Gasteiger partial charge is 0.237 e. The van der Waals surface area contributed by atoms with E-state index in [1.807, 2.05) is 44.2 Å². The Morgan fingerprint density at radius 3 is 2.35 bits per heavy atom. The van der Waals surface area contributed by atoms with Crippen LogP contribution in [0.4, 0.5) is 0 Å². The Labute approximate surface area is 311 Å². The first-order valence-corrected chi connectivity index (χ1v) is 19.7. The van der Waals surface area contributed by atoms with E-state index in [4.69, 9.17) is 14.2 Å². The van der Waals surface area contributed by atoms with E-state index >= 15 is 0 Å². The summed E-state index contributed by atoms with van der Waals surface area (Å²) in [5, 5.41) is 15.7. The predicted molar refractivity (Wildman–Crippen MR) is 204 cm³/mol. The maximum Gasteiger partial charge on any atom is 0.237 e. The molecule has 9 atom stereocenters. The van der Waals surface area contributed by atoms with Crippen molar-refractivity contribution in [1.29, 1.82) is 0 Å². The van der Waals surface area contributed by atoms with Gasteiger partial charge in [0, 0.05) is 38.4 Å². The number of ether oxygens (including phenoxy) is 3. The molecule has 4 N–H and O–H groups in total. The van der Waals surface area contributed by atoms with Crippen molar-refractivity contribution in [1.82, 2.24) is 31.2 Å². The number of likely N-dealkylation sites (tertiary alicyclic amines) is 1. The molecule has 0 bridgehead atoms. The summed E-state index contributed by atoms with van der Waals surface area (Å²) in [7, 11) is 5.12. The molecular weight excluding hydrogens is 669 g/mol. The minimum Gasteiger partial charge on any atom is -0.379 e. The first-order chi connectivity index (χ1) is 24.3. The number of aromatic nitrogens is 1. The van der Waals surface area contributed by atoms with E-state index in [2.05, 4.69) is 60.5 Å². The number of hydrogen-bond donors (Lipinski definition) is 4. The molecule has 1 aromatic rings. The summed E-state index contributed by atoms with van der Waals surface area (Å²) < 4.78 is 17.8. The van der Waals surface area contributed by atoms with Crippen LogP contribution in [0.15, 0.2) is 24.2 Å². The van der Waals surface area contributed by atoms with E-state index < -0.39 is 30.2 Å². The number of thiazole rings is 1. The number of nitrogens with one attached hydrogen (secondary N) is 4. The summed E-state index contributed by atoms with van der Waals surface area (Å²) in [5.41, 5.74) is 0. The maximum atomic E-state index is 14.1. The Morgan fingerprint density at radius 1 is 1.08 bits per heavy atom. The van der Waals surface area contributed by atoms with E-state index in [-0.39, 0.29) is 60.8 Å². The molecule has 2 heterocycles. The van der Waals surface area contributed by atoms with Gasteiger partial charge >= 0.3 is 0 Å². The van der Waals surface area contributed by atoms with Gasteiger partial charge in [0.2, 0.25) is 17.7 Å². The van der Waals surface area contributed by atoms with Crippen LogP contribution < -0.4 is 21.3 Å². The zero-order valence-electron chi connectivity index (χ0n) is 32.9. The molecule has 0 saturated carbocycles. The average molecular weight is 737 g/mol. The summed E-state index contributed by atoms with van der Waals surface area (Å²) in [6.07, 6.45) is 6.41. The zero-order chi connectivity index (χ0) is 38.1. The first kappa shape index (κ1) is 44.7. The molecule has 0 radical (unpaired) electrons. The Hall–Kier alpha value is -2.42. The van der Waals surface area contributed by atoms with Gasteiger partial charge in [0.25, 0.3) is 0 Å². The molecule has 3 amide bonds. The lowest BCUT2D eigenvalue weighted by Gasteiger charge is -2.37. The molecule has 13 heteroatoms. The van der Waals surface area contributed by atoms with Crippen molar-refractivity contribution in [3.05, 3.63) is 29.2 Å². The van der Waals surface area contributed by atoms with E-state index in [1.165, 1.54) is 11.3 Å². The number of rotatable bonds is 25. The molecule has 1 aromatic heterocycles. The molecule has 1 aliphatic rings. The number of nitrogens with zero attached hydrogens (tertiary/aromatic N) is 2. The monoisotopic (exact) mass is 736 g/mol. The van der Waals surface area contributed by atoms with Crippen molar-refractivity contribution in [2.24, 2.45) is 23.7 Å². The van der Waals surface area contributed by atoms with E-state index in [1.54, 1.807) is 20.4 Å². The Balaban J connectivity index is 2.14. The van der Waals surface area contributed by atoms with E-state index in [0.717, 1.165) is 30.7 Å². The molecule has 1 aliphatic heterocycles. The first-order valence-electron chi connectivity index (χ1n) is 18.8. The topological polar surface area (TPSA) is 143 Å². The molecule has 1 unspecified atom stereocenters. The minimum atomic E-state index is -0.547. The van der Waals surface area contributed by atoms with Gasteiger partial charge in [-0.25, -0.2) is 4.98 Å². The number of carbonyl (C=O) groups is 3.